The van der Waals surface area contributed by atoms with Crippen LogP contribution in [0.3, 0.4) is 0 Å². The van der Waals surface area contributed by atoms with Gasteiger partial charge >= 0.3 is 0 Å². The van der Waals surface area contributed by atoms with Gasteiger partial charge in [0.25, 0.3) is 0 Å². The summed E-state index contributed by atoms with van der Waals surface area (Å²) in [5.41, 5.74) is 2.88. The predicted molar refractivity (Wildman–Crippen MR) is 125 cm³/mol. The van der Waals surface area contributed by atoms with Crippen LogP contribution < -0.4 is 16.0 Å². The Bertz CT molecular complexity index is 1010. The lowest BCUT2D eigenvalue weighted by molar-refractivity contribution is -0.115. The minimum absolute atomic E-state index is 0.164. The molecule has 0 aliphatic heterocycles. The van der Waals surface area contributed by atoms with Gasteiger partial charge in [0, 0.05) is 23.5 Å². The number of nitrogens with zero attached hydrogens (tertiary/aromatic N) is 1. The molecule has 0 fully saturated rings. The van der Waals surface area contributed by atoms with E-state index in [9.17, 15) is 9.59 Å². The molecule has 1 heterocycles. The van der Waals surface area contributed by atoms with Gasteiger partial charge in [0.15, 0.2) is 5.82 Å². The summed E-state index contributed by atoms with van der Waals surface area (Å²) < 4.78 is 4.92. The lowest BCUT2D eigenvalue weighted by atomic mass is 10.1. The zero-order valence-corrected chi connectivity index (χ0v) is 18.5. The Hall–Kier alpha value is -3.26. The number of rotatable bonds is 9. The molecule has 8 heteroatoms. The van der Waals surface area contributed by atoms with E-state index in [1.54, 1.807) is 19.9 Å². The number of carbonyl (C=O) groups excluding carboxylic acids is 2. The van der Waals surface area contributed by atoms with Gasteiger partial charge in [-0.1, -0.05) is 35.5 Å². The van der Waals surface area contributed by atoms with Crippen LogP contribution in [0.4, 0.5) is 17.2 Å². The van der Waals surface area contributed by atoms with Crippen molar-refractivity contribution in [2.45, 2.75) is 32.1 Å². The highest BCUT2D eigenvalue weighted by Crippen LogP contribution is 2.21. The second-order valence-electron chi connectivity index (χ2n) is 7.17. The number of carbonyl (C=O) groups is 2. The van der Waals surface area contributed by atoms with E-state index in [-0.39, 0.29) is 23.6 Å². The maximum absolute atomic E-state index is 12.2. The van der Waals surface area contributed by atoms with Crippen LogP contribution in [0, 0.1) is 6.92 Å². The van der Waals surface area contributed by atoms with Gasteiger partial charge in [-0.05, 0) is 50.6 Å². The number of benzene rings is 2. The number of amides is 2. The first kappa shape index (κ1) is 22.4. The van der Waals surface area contributed by atoms with Crippen molar-refractivity contribution < 1.29 is 14.1 Å². The van der Waals surface area contributed by atoms with Gasteiger partial charge in [0.1, 0.15) is 5.76 Å². The van der Waals surface area contributed by atoms with Crippen molar-refractivity contribution in [2.24, 2.45) is 0 Å². The van der Waals surface area contributed by atoms with Gasteiger partial charge in [-0.3, -0.25) is 9.59 Å². The molecule has 31 heavy (non-hydrogen) atoms. The molecule has 0 aliphatic carbocycles. The van der Waals surface area contributed by atoms with Crippen molar-refractivity contribution in [3.05, 3.63) is 72.0 Å². The van der Waals surface area contributed by atoms with Crippen LogP contribution >= 0.6 is 11.8 Å². The standard InChI is InChI=1S/C23H26N4O3S/c1-15-13-21(27-30-15)26-23(29)17(3)31-14-22(28)25-20-11-9-19(10-12-20)24-16(2)18-7-5-4-6-8-18/h4-13,16-17,24H,14H2,1-3H3,(H,25,28)(H,26,27,29)/t16-,17-/m1/s1. The van der Waals surface area contributed by atoms with Crippen molar-refractivity contribution in [1.29, 1.82) is 0 Å². The van der Waals surface area contributed by atoms with Gasteiger partial charge in [-0.25, -0.2) is 0 Å². The molecule has 1 aromatic heterocycles. The van der Waals surface area contributed by atoms with Crippen LogP contribution in [0.1, 0.15) is 31.2 Å². The molecule has 3 rings (SSSR count). The first-order chi connectivity index (χ1) is 14.9. The zero-order chi connectivity index (χ0) is 22.2. The molecular formula is C23H26N4O3S. The van der Waals surface area contributed by atoms with E-state index >= 15 is 0 Å². The zero-order valence-electron chi connectivity index (χ0n) is 17.7. The smallest absolute Gasteiger partial charge is 0.238 e. The Morgan fingerprint density at radius 1 is 1.00 bits per heavy atom. The molecule has 0 spiro atoms. The molecule has 0 unspecified atom stereocenters. The minimum atomic E-state index is -0.409. The fourth-order valence-corrected chi connectivity index (χ4v) is 3.54. The topological polar surface area (TPSA) is 96.3 Å². The van der Waals surface area contributed by atoms with Crippen LogP contribution in [0.5, 0.6) is 0 Å². The average Bonchev–Trinajstić information content (AvgIpc) is 3.18. The monoisotopic (exact) mass is 438 g/mol. The molecule has 0 radical (unpaired) electrons. The Labute approximate surface area is 186 Å². The van der Waals surface area contributed by atoms with Gasteiger partial charge in [-0.15, -0.1) is 11.8 Å². The summed E-state index contributed by atoms with van der Waals surface area (Å²) in [7, 11) is 0. The molecule has 0 saturated heterocycles. The Morgan fingerprint density at radius 2 is 1.68 bits per heavy atom. The van der Waals surface area contributed by atoms with Gasteiger partial charge in [0.05, 0.1) is 11.0 Å². The number of aryl methyl sites for hydroxylation is 1. The maximum Gasteiger partial charge on any atom is 0.238 e. The molecule has 3 N–H and O–H groups in total. The summed E-state index contributed by atoms with van der Waals surface area (Å²) in [6.45, 7) is 5.59. The number of nitrogens with one attached hydrogen (secondary N) is 3. The van der Waals surface area contributed by atoms with E-state index in [1.807, 2.05) is 42.5 Å². The summed E-state index contributed by atoms with van der Waals surface area (Å²) in [4.78, 5) is 24.4. The number of thioether (sulfide) groups is 1. The molecule has 0 aliphatic rings. The normalized spacial score (nSPS) is 12.6. The highest BCUT2D eigenvalue weighted by atomic mass is 32.2. The van der Waals surface area contributed by atoms with Crippen molar-refractivity contribution in [2.75, 3.05) is 21.7 Å². The van der Waals surface area contributed by atoms with Gasteiger partial charge in [0.2, 0.25) is 11.8 Å². The highest BCUT2D eigenvalue weighted by molar-refractivity contribution is 8.01. The number of hydrogen-bond donors (Lipinski definition) is 3. The van der Waals surface area contributed by atoms with Gasteiger partial charge in [-0.2, -0.15) is 0 Å². The average molecular weight is 439 g/mol. The van der Waals surface area contributed by atoms with Crippen LogP contribution in [0.2, 0.25) is 0 Å². The van der Waals surface area contributed by atoms with E-state index in [0.29, 0.717) is 17.3 Å². The fraction of sp³-hybridized carbons (Fsp3) is 0.261. The Kier molecular flexibility index (Phi) is 7.72. The largest absolute Gasteiger partial charge is 0.379 e. The summed E-state index contributed by atoms with van der Waals surface area (Å²) in [6, 6.07) is 19.6. The van der Waals surface area contributed by atoms with Crippen LogP contribution in [0.25, 0.3) is 0 Å². The van der Waals surface area contributed by atoms with Crippen molar-refractivity contribution >= 4 is 40.8 Å². The molecule has 2 amide bonds. The first-order valence-corrected chi connectivity index (χ1v) is 11.0. The van der Waals surface area contributed by atoms with Crippen LogP contribution in [-0.2, 0) is 9.59 Å². The fourth-order valence-electron chi connectivity index (χ4n) is 2.85. The summed E-state index contributed by atoms with van der Waals surface area (Å²) in [5, 5.41) is 12.3. The van der Waals surface area contributed by atoms with E-state index in [4.69, 9.17) is 4.52 Å². The predicted octanol–water partition coefficient (Wildman–Crippen LogP) is 4.86. The Balaban J connectivity index is 1.43. The van der Waals surface area contributed by atoms with Crippen molar-refractivity contribution in [3.63, 3.8) is 0 Å². The van der Waals surface area contributed by atoms with Gasteiger partial charge < -0.3 is 20.5 Å². The number of hydrogen-bond acceptors (Lipinski definition) is 6. The third-order valence-corrected chi connectivity index (χ3v) is 5.71. The molecule has 2 aromatic carbocycles. The Morgan fingerprint density at radius 3 is 2.32 bits per heavy atom. The van der Waals surface area contributed by atoms with Crippen LogP contribution in [-0.4, -0.2) is 28.0 Å². The third-order valence-electron chi connectivity index (χ3n) is 4.56. The maximum atomic E-state index is 12.2. The molecule has 7 nitrogen and oxygen atoms in total. The molecule has 3 aromatic rings. The van der Waals surface area contributed by atoms with Crippen molar-refractivity contribution in [3.8, 4) is 0 Å². The molecule has 0 bridgehead atoms. The number of anilines is 3. The highest BCUT2D eigenvalue weighted by Gasteiger charge is 2.17. The second-order valence-corrected chi connectivity index (χ2v) is 8.50. The second kappa shape index (κ2) is 10.7. The molecular weight excluding hydrogens is 412 g/mol. The number of aromatic nitrogens is 1. The van der Waals surface area contributed by atoms with E-state index in [0.717, 1.165) is 5.69 Å². The molecule has 0 saturated carbocycles. The summed E-state index contributed by atoms with van der Waals surface area (Å²) in [5.74, 6) is 0.757. The van der Waals surface area contributed by atoms with E-state index in [1.165, 1.54) is 17.3 Å². The molecule has 162 valence electrons. The lowest BCUT2D eigenvalue weighted by Crippen LogP contribution is -2.25. The quantitative estimate of drug-likeness (QED) is 0.442. The molecule has 2 atom stereocenters. The van der Waals surface area contributed by atoms with E-state index < -0.39 is 5.25 Å². The van der Waals surface area contributed by atoms with Crippen LogP contribution in [0.15, 0.2) is 65.2 Å². The summed E-state index contributed by atoms with van der Waals surface area (Å²) >= 11 is 1.25. The van der Waals surface area contributed by atoms with E-state index in [2.05, 4.69) is 40.2 Å². The minimum Gasteiger partial charge on any atom is -0.379 e. The summed E-state index contributed by atoms with van der Waals surface area (Å²) in [6.07, 6.45) is 0. The first-order valence-electron chi connectivity index (χ1n) is 9.98. The SMILES string of the molecule is Cc1cc(NC(=O)[C@@H](C)SCC(=O)Nc2ccc(N[C@H](C)c3ccccc3)cc2)no1. The third kappa shape index (κ3) is 6.89. The lowest BCUT2D eigenvalue weighted by Gasteiger charge is -2.16. The van der Waals surface area contributed by atoms with Crippen molar-refractivity contribution in [1.82, 2.24) is 5.16 Å².